The number of ether oxygens (including phenoxy) is 2. The summed E-state index contributed by atoms with van der Waals surface area (Å²) in [6.07, 6.45) is 1.86. The summed E-state index contributed by atoms with van der Waals surface area (Å²) in [5.74, 6) is 0.944. The Bertz CT molecular complexity index is 1350. The van der Waals surface area contributed by atoms with Gasteiger partial charge in [-0.2, -0.15) is 0 Å². The molecule has 1 N–H and O–H groups in total. The van der Waals surface area contributed by atoms with E-state index in [-0.39, 0.29) is 23.6 Å². The summed E-state index contributed by atoms with van der Waals surface area (Å²) in [5, 5.41) is 7.56. The second-order valence-corrected chi connectivity index (χ2v) is 7.62. The molecule has 0 bridgehead atoms. The van der Waals surface area contributed by atoms with Gasteiger partial charge in [0.25, 0.3) is 11.3 Å². The first-order chi connectivity index (χ1) is 16.0. The molecule has 0 radical (unpaired) electrons. The lowest BCUT2D eigenvalue weighted by atomic mass is 10.1. The fourth-order valence-electron chi connectivity index (χ4n) is 3.39. The number of hydrogen-bond acceptors (Lipinski definition) is 7. The van der Waals surface area contributed by atoms with E-state index in [1.165, 1.54) is 10.9 Å². The molecular formula is C23H21ClN4O5. The molecule has 170 valence electrons. The third-order valence-corrected chi connectivity index (χ3v) is 5.33. The van der Waals surface area contributed by atoms with Crippen LogP contribution < -0.4 is 20.3 Å². The summed E-state index contributed by atoms with van der Waals surface area (Å²) in [6, 6.07) is 12.4. The maximum absolute atomic E-state index is 13.0. The molecule has 4 rings (SSSR count). The van der Waals surface area contributed by atoms with Crippen LogP contribution in [-0.4, -0.2) is 41.4 Å². The molecule has 0 saturated carbocycles. The Kier molecular flexibility index (Phi) is 6.60. The van der Waals surface area contributed by atoms with Gasteiger partial charge in [-0.3, -0.25) is 14.2 Å². The molecule has 0 atom stereocenters. The van der Waals surface area contributed by atoms with Crippen LogP contribution in [0.3, 0.4) is 0 Å². The van der Waals surface area contributed by atoms with E-state index in [0.29, 0.717) is 40.7 Å². The first-order valence-corrected chi connectivity index (χ1v) is 10.5. The van der Waals surface area contributed by atoms with Gasteiger partial charge in [0.1, 0.15) is 24.0 Å². The zero-order chi connectivity index (χ0) is 23.4. The van der Waals surface area contributed by atoms with Gasteiger partial charge in [0.15, 0.2) is 11.5 Å². The third-order valence-electron chi connectivity index (χ3n) is 5.08. The standard InChI is InChI=1S/C23H21ClN4O5/c1-31-17-8-3-14(11-18(17)32-2)9-10-25-19(29)12-28-13-26-22-20(23(28)30)21(27-33-22)15-4-6-16(24)7-5-15/h3-8,11,13H,9-10,12H2,1-2H3,(H,25,29). The lowest BCUT2D eigenvalue weighted by Crippen LogP contribution is -2.33. The Morgan fingerprint density at radius 3 is 2.61 bits per heavy atom. The second-order valence-electron chi connectivity index (χ2n) is 7.19. The van der Waals surface area contributed by atoms with Crippen molar-refractivity contribution in [1.29, 1.82) is 0 Å². The quantitative estimate of drug-likeness (QED) is 0.423. The van der Waals surface area contributed by atoms with E-state index in [2.05, 4.69) is 15.5 Å². The maximum atomic E-state index is 13.0. The number of fused-ring (bicyclic) bond motifs is 1. The molecule has 2 heterocycles. The van der Waals surface area contributed by atoms with Gasteiger partial charge >= 0.3 is 0 Å². The minimum atomic E-state index is -0.416. The number of aromatic nitrogens is 3. The van der Waals surface area contributed by atoms with Crippen LogP contribution in [0.4, 0.5) is 0 Å². The summed E-state index contributed by atoms with van der Waals surface area (Å²) >= 11 is 5.94. The Morgan fingerprint density at radius 1 is 1.12 bits per heavy atom. The average Bonchev–Trinajstić information content (AvgIpc) is 3.26. The number of halogens is 1. The zero-order valence-corrected chi connectivity index (χ0v) is 18.8. The molecule has 0 aliphatic carbocycles. The van der Waals surface area contributed by atoms with Crippen molar-refractivity contribution in [2.45, 2.75) is 13.0 Å². The SMILES string of the molecule is COc1ccc(CCNC(=O)Cn2cnc3onc(-c4ccc(Cl)cc4)c3c2=O)cc1OC. The van der Waals surface area contributed by atoms with E-state index in [1.54, 1.807) is 38.5 Å². The molecule has 10 heteroatoms. The molecule has 4 aromatic rings. The van der Waals surface area contributed by atoms with E-state index < -0.39 is 5.56 Å². The van der Waals surface area contributed by atoms with Crippen molar-refractivity contribution in [3.05, 3.63) is 69.7 Å². The lowest BCUT2D eigenvalue weighted by Gasteiger charge is -2.10. The van der Waals surface area contributed by atoms with Crippen molar-refractivity contribution in [3.63, 3.8) is 0 Å². The smallest absolute Gasteiger partial charge is 0.267 e. The fraction of sp³-hybridized carbons (Fsp3) is 0.217. The number of amides is 1. The van der Waals surface area contributed by atoms with Crippen molar-refractivity contribution in [1.82, 2.24) is 20.0 Å². The molecular weight excluding hydrogens is 448 g/mol. The van der Waals surface area contributed by atoms with Crippen LogP contribution in [-0.2, 0) is 17.8 Å². The molecule has 0 unspecified atom stereocenters. The number of benzene rings is 2. The zero-order valence-electron chi connectivity index (χ0n) is 18.0. The molecule has 1 amide bonds. The van der Waals surface area contributed by atoms with Gasteiger partial charge in [-0.1, -0.05) is 35.0 Å². The molecule has 0 fully saturated rings. The summed E-state index contributed by atoms with van der Waals surface area (Å²) in [5.41, 5.74) is 1.68. The highest BCUT2D eigenvalue weighted by Crippen LogP contribution is 2.28. The summed E-state index contributed by atoms with van der Waals surface area (Å²) < 4.78 is 16.9. The molecule has 2 aromatic carbocycles. The number of nitrogens with one attached hydrogen (secondary N) is 1. The van der Waals surface area contributed by atoms with E-state index in [1.807, 2.05) is 18.2 Å². The van der Waals surface area contributed by atoms with E-state index >= 15 is 0 Å². The van der Waals surface area contributed by atoms with E-state index in [4.69, 9.17) is 25.6 Å². The number of carbonyl (C=O) groups excluding carboxylic acids is 1. The number of carbonyl (C=O) groups is 1. The minimum absolute atomic E-state index is 0.107. The van der Waals surface area contributed by atoms with E-state index in [9.17, 15) is 9.59 Å². The van der Waals surface area contributed by atoms with Crippen LogP contribution in [0.2, 0.25) is 5.02 Å². The van der Waals surface area contributed by atoms with Crippen molar-refractivity contribution < 1.29 is 18.8 Å². The van der Waals surface area contributed by atoms with Crippen LogP contribution >= 0.6 is 11.6 Å². The predicted octanol–water partition coefficient (Wildman–Crippen LogP) is 3.08. The van der Waals surface area contributed by atoms with Crippen molar-refractivity contribution in [2.75, 3.05) is 20.8 Å². The van der Waals surface area contributed by atoms with Gasteiger partial charge in [-0.25, -0.2) is 4.98 Å². The highest BCUT2D eigenvalue weighted by molar-refractivity contribution is 6.30. The molecule has 0 saturated heterocycles. The number of nitrogens with zero attached hydrogens (tertiary/aromatic N) is 3. The normalized spacial score (nSPS) is 10.9. The minimum Gasteiger partial charge on any atom is -0.493 e. The van der Waals surface area contributed by atoms with Gasteiger partial charge in [0, 0.05) is 17.1 Å². The summed E-state index contributed by atoms with van der Waals surface area (Å²) in [6.45, 7) is 0.209. The molecule has 0 spiro atoms. The van der Waals surface area contributed by atoms with Gasteiger partial charge in [0.05, 0.1) is 14.2 Å². The lowest BCUT2D eigenvalue weighted by molar-refractivity contribution is -0.121. The van der Waals surface area contributed by atoms with Crippen LogP contribution in [0.25, 0.3) is 22.4 Å². The van der Waals surface area contributed by atoms with Crippen LogP contribution in [0.15, 0.2) is 58.1 Å². The largest absolute Gasteiger partial charge is 0.493 e. The molecule has 33 heavy (non-hydrogen) atoms. The average molecular weight is 469 g/mol. The molecule has 2 aromatic heterocycles. The Morgan fingerprint density at radius 2 is 1.88 bits per heavy atom. The van der Waals surface area contributed by atoms with E-state index in [0.717, 1.165) is 5.56 Å². The maximum Gasteiger partial charge on any atom is 0.267 e. The van der Waals surface area contributed by atoms with Crippen LogP contribution in [0.5, 0.6) is 11.5 Å². The van der Waals surface area contributed by atoms with Crippen molar-refractivity contribution >= 4 is 28.6 Å². The summed E-state index contributed by atoms with van der Waals surface area (Å²) in [4.78, 5) is 29.6. The first-order valence-electron chi connectivity index (χ1n) is 10.1. The number of rotatable bonds is 8. The Hall–Kier alpha value is -3.85. The van der Waals surface area contributed by atoms with Crippen molar-refractivity contribution in [2.24, 2.45) is 0 Å². The van der Waals surface area contributed by atoms with Gasteiger partial charge in [-0.15, -0.1) is 0 Å². The summed E-state index contributed by atoms with van der Waals surface area (Å²) in [7, 11) is 3.14. The first kappa shape index (κ1) is 22.3. The number of hydrogen-bond donors (Lipinski definition) is 1. The van der Waals surface area contributed by atoms with Gasteiger partial charge in [0.2, 0.25) is 5.91 Å². The Labute approximate surface area is 193 Å². The highest BCUT2D eigenvalue weighted by atomic mass is 35.5. The molecule has 0 aliphatic heterocycles. The fourth-order valence-corrected chi connectivity index (χ4v) is 3.52. The molecule has 0 aliphatic rings. The molecule has 9 nitrogen and oxygen atoms in total. The topological polar surface area (TPSA) is 108 Å². The van der Waals surface area contributed by atoms with Crippen molar-refractivity contribution in [3.8, 4) is 22.8 Å². The van der Waals surface area contributed by atoms with Gasteiger partial charge in [-0.05, 0) is 36.2 Å². The third kappa shape index (κ3) is 4.83. The van der Waals surface area contributed by atoms with Crippen LogP contribution in [0, 0.1) is 0 Å². The Balaban J connectivity index is 1.45. The monoisotopic (exact) mass is 468 g/mol. The second kappa shape index (κ2) is 9.74. The van der Waals surface area contributed by atoms with Gasteiger partial charge < -0.3 is 19.3 Å². The van der Waals surface area contributed by atoms with Crippen LogP contribution in [0.1, 0.15) is 5.56 Å². The highest BCUT2D eigenvalue weighted by Gasteiger charge is 2.18. The predicted molar refractivity (Wildman–Crippen MR) is 123 cm³/mol. The number of methoxy groups -OCH3 is 2.